The number of ether oxygens (including phenoxy) is 1. The van der Waals surface area contributed by atoms with Gasteiger partial charge in [-0.2, -0.15) is 0 Å². The highest BCUT2D eigenvalue weighted by Crippen LogP contribution is 2.25. The van der Waals surface area contributed by atoms with Crippen LogP contribution in [0, 0.1) is 5.41 Å². The van der Waals surface area contributed by atoms with Crippen molar-refractivity contribution in [2.45, 2.75) is 40.0 Å². The van der Waals surface area contributed by atoms with Crippen LogP contribution < -0.4 is 10.1 Å². The molecule has 6 nitrogen and oxygen atoms in total. The summed E-state index contributed by atoms with van der Waals surface area (Å²) in [5.41, 5.74) is 1.83. The van der Waals surface area contributed by atoms with E-state index < -0.39 is 6.09 Å². The molecule has 1 aromatic carbocycles. The van der Waals surface area contributed by atoms with E-state index in [4.69, 9.17) is 14.3 Å². The highest BCUT2D eigenvalue weighted by molar-refractivity contribution is 5.74. The van der Waals surface area contributed by atoms with E-state index in [2.05, 4.69) is 31.1 Å². The molecule has 7 heteroatoms. The van der Waals surface area contributed by atoms with Gasteiger partial charge in [0.15, 0.2) is 11.5 Å². The molecule has 0 spiro atoms. The Kier molecular flexibility index (Phi) is 6.60. The maximum atomic E-state index is 12.8. The van der Waals surface area contributed by atoms with Crippen molar-refractivity contribution >= 4 is 17.2 Å². The Bertz CT molecular complexity index is 777. The maximum Gasteiger partial charge on any atom is 0.404 e. The lowest BCUT2D eigenvalue weighted by Gasteiger charge is -2.16. The van der Waals surface area contributed by atoms with E-state index in [0.29, 0.717) is 23.6 Å². The van der Waals surface area contributed by atoms with Crippen LogP contribution >= 0.6 is 0 Å². The second-order valence-electron chi connectivity index (χ2n) is 7.37. The average Bonchev–Trinajstić information content (AvgIpc) is 2.95. The third-order valence-corrected chi connectivity index (χ3v) is 3.77. The highest BCUT2D eigenvalue weighted by Gasteiger charge is 2.12. The van der Waals surface area contributed by atoms with Gasteiger partial charge in [0.2, 0.25) is 0 Å². The summed E-state index contributed by atoms with van der Waals surface area (Å²) in [4.78, 5) is 14.9. The zero-order valence-electron chi connectivity index (χ0n) is 15.3. The summed E-state index contributed by atoms with van der Waals surface area (Å²) in [6, 6.07) is 5.22. The minimum Gasteiger partial charge on any atom is -0.489 e. The van der Waals surface area contributed by atoms with Gasteiger partial charge < -0.3 is 19.6 Å². The van der Waals surface area contributed by atoms with Crippen molar-refractivity contribution in [3.05, 3.63) is 36.0 Å². The summed E-state index contributed by atoms with van der Waals surface area (Å²) in [5.74, 6) is 1.20. The van der Waals surface area contributed by atoms with Gasteiger partial charge in [-0.3, -0.25) is 0 Å². The monoisotopic (exact) mass is 364 g/mol. The van der Waals surface area contributed by atoms with Crippen LogP contribution in [0.15, 0.2) is 34.5 Å². The number of carboxylic acid groups (broad SMARTS) is 1. The number of halogens is 1. The fraction of sp³-hybridized carbons (Fsp3) is 0.474. The van der Waals surface area contributed by atoms with Crippen molar-refractivity contribution in [3.63, 3.8) is 0 Å². The second-order valence-corrected chi connectivity index (χ2v) is 7.37. The van der Waals surface area contributed by atoms with E-state index in [0.717, 1.165) is 24.8 Å². The molecule has 0 atom stereocenters. The Hall–Kier alpha value is -2.57. The number of hydrogen-bond acceptors (Lipinski definition) is 4. The van der Waals surface area contributed by atoms with Crippen LogP contribution in [0.4, 0.5) is 9.18 Å². The van der Waals surface area contributed by atoms with Crippen molar-refractivity contribution in [2.75, 3.05) is 13.2 Å². The molecule has 1 amide bonds. The van der Waals surface area contributed by atoms with Crippen LogP contribution in [0.5, 0.6) is 5.75 Å². The molecular formula is C19H25FN2O4. The number of nitrogens with one attached hydrogen (secondary N) is 1. The van der Waals surface area contributed by atoms with Gasteiger partial charge in [0.25, 0.3) is 0 Å². The molecule has 2 aromatic rings. The van der Waals surface area contributed by atoms with Gasteiger partial charge in [-0.25, -0.2) is 14.2 Å². The molecule has 26 heavy (non-hydrogen) atoms. The van der Waals surface area contributed by atoms with Crippen molar-refractivity contribution in [2.24, 2.45) is 5.41 Å². The molecule has 0 saturated carbocycles. The molecule has 0 fully saturated rings. The number of amides is 1. The first-order chi connectivity index (χ1) is 12.3. The number of carbonyl (C=O) groups is 1. The first-order valence-electron chi connectivity index (χ1n) is 8.54. The normalized spacial score (nSPS) is 12.4. The molecule has 0 aliphatic heterocycles. The lowest BCUT2D eigenvalue weighted by atomic mass is 9.90. The fourth-order valence-electron chi connectivity index (χ4n) is 2.41. The minimum atomic E-state index is -1.22. The summed E-state index contributed by atoms with van der Waals surface area (Å²) in [7, 11) is 0. The Morgan fingerprint density at radius 1 is 1.42 bits per heavy atom. The third-order valence-electron chi connectivity index (χ3n) is 3.77. The van der Waals surface area contributed by atoms with Crippen LogP contribution in [-0.4, -0.2) is 29.3 Å². The van der Waals surface area contributed by atoms with E-state index in [1.54, 1.807) is 18.2 Å². The quantitative estimate of drug-likeness (QED) is 0.709. The summed E-state index contributed by atoms with van der Waals surface area (Å²) in [6.07, 6.45) is 1.99. The summed E-state index contributed by atoms with van der Waals surface area (Å²) in [5, 5.41) is 10.6. The summed E-state index contributed by atoms with van der Waals surface area (Å²) < 4.78 is 24.0. The molecule has 0 saturated heterocycles. The maximum absolute atomic E-state index is 12.8. The number of benzene rings is 1. The van der Waals surface area contributed by atoms with Crippen LogP contribution in [0.2, 0.25) is 0 Å². The van der Waals surface area contributed by atoms with Crippen LogP contribution in [0.3, 0.4) is 0 Å². The molecule has 0 radical (unpaired) electrons. The van der Waals surface area contributed by atoms with Crippen LogP contribution in [0.1, 0.15) is 39.5 Å². The van der Waals surface area contributed by atoms with E-state index in [9.17, 15) is 9.18 Å². The fourth-order valence-corrected chi connectivity index (χ4v) is 2.41. The van der Waals surface area contributed by atoms with Gasteiger partial charge in [0.1, 0.15) is 17.9 Å². The van der Waals surface area contributed by atoms with Gasteiger partial charge in [-0.15, -0.1) is 0 Å². The van der Waals surface area contributed by atoms with Crippen molar-refractivity contribution < 1.29 is 23.4 Å². The smallest absolute Gasteiger partial charge is 0.404 e. The zero-order valence-corrected chi connectivity index (χ0v) is 15.3. The zero-order chi connectivity index (χ0) is 19.2. The number of hydrogen-bond donors (Lipinski definition) is 2. The molecule has 1 aromatic heterocycles. The Morgan fingerprint density at radius 2 is 2.19 bits per heavy atom. The second kappa shape index (κ2) is 8.69. The molecule has 0 aliphatic rings. The SMILES string of the molecule is CC(C)(C)CCCc1nc2ccc(OCC(=CF)CNC(=O)O)cc2o1. The number of rotatable bonds is 8. The van der Waals surface area contributed by atoms with Crippen molar-refractivity contribution in [1.29, 1.82) is 0 Å². The molecule has 2 N–H and O–H groups in total. The molecule has 0 aliphatic carbocycles. The lowest BCUT2D eigenvalue weighted by molar-refractivity contribution is 0.195. The molecule has 0 bridgehead atoms. The van der Waals surface area contributed by atoms with Gasteiger partial charge in [0, 0.05) is 24.6 Å². The Labute approximate surface area is 152 Å². The Morgan fingerprint density at radius 3 is 2.85 bits per heavy atom. The first-order valence-corrected chi connectivity index (χ1v) is 8.54. The molecular weight excluding hydrogens is 339 g/mol. The molecule has 0 unspecified atom stereocenters. The topological polar surface area (TPSA) is 84.6 Å². The predicted molar refractivity (Wildman–Crippen MR) is 97.1 cm³/mol. The number of fused-ring (bicyclic) bond motifs is 1. The van der Waals surface area contributed by atoms with E-state index in [1.165, 1.54) is 0 Å². The molecule has 142 valence electrons. The standard InChI is InChI=1S/C19H25FN2O4/c1-19(2,3)8-4-5-17-22-15-7-6-14(9-16(15)26-17)25-12-13(10-20)11-21-18(23)24/h6-7,9-10,21H,4-5,8,11-12H2,1-3H3,(H,23,24). The van der Waals surface area contributed by atoms with Crippen molar-refractivity contribution in [1.82, 2.24) is 10.3 Å². The van der Waals surface area contributed by atoms with E-state index in [1.807, 2.05) is 0 Å². The van der Waals surface area contributed by atoms with E-state index in [-0.39, 0.29) is 24.1 Å². The minimum absolute atomic E-state index is 0.0607. The first kappa shape index (κ1) is 19.8. The number of oxazole rings is 1. The largest absolute Gasteiger partial charge is 0.489 e. The third kappa shape index (κ3) is 6.38. The lowest BCUT2D eigenvalue weighted by Crippen LogP contribution is -2.25. The van der Waals surface area contributed by atoms with Crippen LogP contribution in [-0.2, 0) is 6.42 Å². The average molecular weight is 364 g/mol. The number of aromatic nitrogens is 1. The van der Waals surface area contributed by atoms with Gasteiger partial charge in [0.05, 0.1) is 6.33 Å². The van der Waals surface area contributed by atoms with Gasteiger partial charge in [-0.1, -0.05) is 20.8 Å². The van der Waals surface area contributed by atoms with Gasteiger partial charge in [-0.05, 0) is 30.4 Å². The Balaban J connectivity index is 1.94. The highest BCUT2D eigenvalue weighted by atomic mass is 19.1. The van der Waals surface area contributed by atoms with Crippen molar-refractivity contribution in [3.8, 4) is 5.75 Å². The van der Waals surface area contributed by atoms with E-state index >= 15 is 0 Å². The molecule has 2 rings (SSSR count). The van der Waals surface area contributed by atoms with Gasteiger partial charge >= 0.3 is 6.09 Å². The number of nitrogens with zero attached hydrogens (tertiary/aromatic N) is 1. The summed E-state index contributed by atoms with van der Waals surface area (Å²) >= 11 is 0. The molecule has 1 heterocycles. The van der Waals surface area contributed by atoms with Crippen LogP contribution in [0.25, 0.3) is 11.1 Å². The predicted octanol–water partition coefficient (Wildman–Crippen LogP) is 4.70. The number of aryl methyl sites for hydroxylation is 1. The summed E-state index contributed by atoms with van der Waals surface area (Å²) in [6.45, 7) is 6.42.